The molecule has 0 atom stereocenters. The third kappa shape index (κ3) is 3.30. The van der Waals surface area contributed by atoms with Crippen molar-refractivity contribution in [2.45, 2.75) is 4.21 Å². The van der Waals surface area contributed by atoms with E-state index < -0.39 is 14.9 Å². The van der Waals surface area contributed by atoms with E-state index in [0.29, 0.717) is 0 Å². The topological polar surface area (TPSA) is 113 Å². The van der Waals surface area contributed by atoms with Crippen LogP contribution in [0.1, 0.15) is 4.88 Å². The van der Waals surface area contributed by atoms with Gasteiger partial charge in [0.05, 0.1) is 15.6 Å². The van der Waals surface area contributed by atoms with Gasteiger partial charge in [-0.3, -0.25) is 14.8 Å². The summed E-state index contributed by atoms with van der Waals surface area (Å²) in [6.07, 6.45) is 0. The van der Waals surface area contributed by atoms with Crippen molar-refractivity contribution in [3.05, 3.63) is 50.3 Å². The average molecular weight is 344 g/mol. The minimum atomic E-state index is -3.90. The maximum absolute atomic E-state index is 12.1. The van der Waals surface area contributed by atoms with Gasteiger partial charge in [-0.15, -0.1) is 11.3 Å². The fourth-order valence-corrected chi connectivity index (χ4v) is 3.88. The van der Waals surface area contributed by atoms with Gasteiger partial charge in [-0.1, -0.05) is 11.6 Å². The maximum atomic E-state index is 12.1. The summed E-state index contributed by atoms with van der Waals surface area (Å²) in [6.45, 7) is 0. The van der Waals surface area contributed by atoms with Crippen LogP contribution in [0.5, 0.6) is 0 Å². The summed E-state index contributed by atoms with van der Waals surface area (Å²) in [5.41, 5.74) is -0.222. The highest BCUT2D eigenvalue weighted by Crippen LogP contribution is 2.30. The van der Waals surface area contributed by atoms with E-state index in [1.165, 1.54) is 18.2 Å². The fourth-order valence-electron chi connectivity index (χ4n) is 1.42. The zero-order valence-corrected chi connectivity index (χ0v) is 12.5. The number of hydrogen-bond donors (Lipinski definition) is 1. The SMILES string of the molecule is N#Cc1ccc(S(=O)(=O)Nc2ccc([N+](=O)[O-])cc2Cl)s1. The number of non-ortho nitro benzene ring substituents is 1. The van der Waals surface area contributed by atoms with Crippen LogP contribution < -0.4 is 4.72 Å². The second-order valence-electron chi connectivity index (χ2n) is 3.76. The summed E-state index contributed by atoms with van der Waals surface area (Å²) >= 11 is 6.63. The number of nitrogens with zero attached hydrogens (tertiary/aromatic N) is 2. The largest absolute Gasteiger partial charge is 0.277 e. The molecule has 2 rings (SSSR count). The summed E-state index contributed by atoms with van der Waals surface area (Å²) in [5, 5.41) is 19.2. The van der Waals surface area contributed by atoms with E-state index in [9.17, 15) is 18.5 Å². The molecule has 0 radical (unpaired) electrons. The number of thiophene rings is 1. The van der Waals surface area contributed by atoms with Crippen molar-refractivity contribution in [3.8, 4) is 6.07 Å². The van der Waals surface area contributed by atoms with Crippen molar-refractivity contribution in [1.82, 2.24) is 0 Å². The van der Waals surface area contributed by atoms with Gasteiger partial charge in [0.2, 0.25) is 0 Å². The Bertz CT molecular complexity index is 855. The van der Waals surface area contributed by atoms with Gasteiger partial charge >= 0.3 is 0 Å². The van der Waals surface area contributed by atoms with Gasteiger partial charge in [0.15, 0.2) is 0 Å². The molecular formula is C11H6ClN3O4S2. The van der Waals surface area contributed by atoms with Crippen LogP contribution in [0.25, 0.3) is 0 Å². The molecule has 0 saturated heterocycles. The molecule has 0 aliphatic carbocycles. The smallest absolute Gasteiger partial charge is 0.271 e. The summed E-state index contributed by atoms with van der Waals surface area (Å²) in [5.74, 6) is 0. The summed E-state index contributed by atoms with van der Waals surface area (Å²) in [6, 6.07) is 7.92. The molecular weight excluding hydrogens is 338 g/mol. The molecule has 2 aromatic rings. The van der Waals surface area contributed by atoms with Crippen molar-refractivity contribution >= 4 is 44.3 Å². The molecule has 108 valence electrons. The van der Waals surface area contributed by atoms with Gasteiger partial charge in [0.1, 0.15) is 15.2 Å². The molecule has 0 spiro atoms. The van der Waals surface area contributed by atoms with Crippen LogP contribution in [0.2, 0.25) is 5.02 Å². The molecule has 0 aliphatic heterocycles. The Balaban J connectivity index is 2.33. The lowest BCUT2D eigenvalue weighted by atomic mass is 10.3. The molecule has 0 bridgehead atoms. The van der Waals surface area contributed by atoms with E-state index >= 15 is 0 Å². The highest BCUT2D eigenvalue weighted by atomic mass is 35.5. The first-order valence-electron chi connectivity index (χ1n) is 5.30. The molecule has 0 fully saturated rings. The normalized spacial score (nSPS) is 10.9. The van der Waals surface area contributed by atoms with E-state index in [-0.39, 0.29) is 25.5 Å². The predicted octanol–water partition coefficient (Wildman–Crippen LogP) is 2.98. The van der Waals surface area contributed by atoms with Gasteiger partial charge in [-0.05, 0) is 18.2 Å². The third-order valence-corrected chi connectivity index (χ3v) is 5.52. The first kappa shape index (κ1) is 15.2. The summed E-state index contributed by atoms with van der Waals surface area (Å²) < 4.78 is 26.4. The van der Waals surface area contributed by atoms with Gasteiger partial charge < -0.3 is 0 Å². The minimum Gasteiger partial charge on any atom is -0.277 e. The molecule has 0 saturated carbocycles. The van der Waals surface area contributed by atoms with Crippen LogP contribution in [-0.4, -0.2) is 13.3 Å². The Labute approximate surface area is 128 Å². The Morgan fingerprint density at radius 1 is 1.33 bits per heavy atom. The second kappa shape index (κ2) is 5.69. The number of nitrogens with one attached hydrogen (secondary N) is 1. The predicted molar refractivity (Wildman–Crippen MR) is 77.9 cm³/mol. The highest BCUT2D eigenvalue weighted by molar-refractivity contribution is 7.94. The number of sulfonamides is 1. The molecule has 1 heterocycles. The maximum Gasteiger partial charge on any atom is 0.271 e. The standard InChI is InChI=1S/C11H6ClN3O4S2/c12-9-5-7(15(16)17)1-3-10(9)14-21(18,19)11-4-2-8(6-13)20-11/h1-5,14H. The van der Waals surface area contributed by atoms with Gasteiger partial charge in [-0.2, -0.15) is 5.26 Å². The molecule has 10 heteroatoms. The third-order valence-electron chi connectivity index (χ3n) is 2.36. The van der Waals surface area contributed by atoms with Crippen molar-refractivity contribution in [2.24, 2.45) is 0 Å². The van der Waals surface area contributed by atoms with Crippen molar-refractivity contribution < 1.29 is 13.3 Å². The van der Waals surface area contributed by atoms with Gasteiger partial charge in [0, 0.05) is 12.1 Å². The molecule has 1 aromatic carbocycles. The van der Waals surface area contributed by atoms with E-state index in [1.807, 2.05) is 6.07 Å². The number of nitro benzene ring substituents is 1. The number of rotatable bonds is 4. The van der Waals surface area contributed by atoms with Crippen LogP contribution in [-0.2, 0) is 10.0 Å². The van der Waals surface area contributed by atoms with E-state index in [4.69, 9.17) is 16.9 Å². The second-order valence-corrected chi connectivity index (χ2v) is 7.16. The first-order valence-corrected chi connectivity index (χ1v) is 7.98. The van der Waals surface area contributed by atoms with Crippen LogP contribution in [0, 0.1) is 21.4 Å². The molecule has 21 heavy (non-hydrogen) atoms. The van der Waals surface area contributed by atoms with Crippen LogP contribution >= 0.6 is 22.9 Å². The molecule has 0 aliphatic rings. The van der Waals surface area contributed by atoms with E-state index in [0.717, 1.165) is 23.5 Å². The average Bonchev–Trinajstić information content (AvgIpc) is 2.90. The molecule has 1 N–H and O–H groups in total. The van der Waals surface area contributed by atoms with Crippen molar-refractivity contribution in [2.75, 3.05) is 4.72 Å². The quantitative estimate of drug-likeness (QED) is 0.677. The Morgan fingerprint density at radius 2 is 2.05 bits per heavy atom. The Kier molecular flexibility index (Phi) is 4.13. The van der Waals surface area contributed by atoms with Crippen molar-refractivity contribution in [1.29, 1.82) is 5.26 Å². The van der Waals surface area contributed by atoms with E-state index in [1.54, 1.807) is 0 Å². The zero-order chi connectivity index (χ0) is 15.6. The number of nitro groups is 1. The van der Waals surface area contributed by atoms with Crippen LogP contribution in [0.15, 0.2) is 34.5 Å². The number of hydrogen-bond acceptors (Lipinski definition) is 6. The Hall–Kier alpha value is -2.15. The monoisotopic (exact) mass is 343 g/mol. The Morgan fingerprint density at radius 3 is 2.57 bits per heavy atom. The van der Waals surface area contributed by atoms with Gasteiger partial charge in [0.25, 0.3) is 15.7 Å². The zero-order valence-electron chi connectivity index (χ0n) is 10.1. The lowest BCUT2D eigenvalue weighted by Gasteiger charge is -2.07. The van der Waals surface area contributed by atoms with Gasteiger partial charge in [-0.25, -0.2) is 8.42 Å². The molecule has 7 nitrogen and oxygen atoms in total. The van der Waals surface area contributed by atoms with E-state index in [2.05, 4.69) is 4.72 Å². The minimum absolute atomic E-state index is 0.0224. The summed E-state index contributed by atoms with van der Waals surface area (Å²) in [4.78, 5) is 10.2. The van der Waals surface area contributed by atoms with Crippen LogP contribution in [0.3, 0.4) is 0 Å². The first-order chi connectivity index (χ1) is 9.83. The number of benzene rings is 1. The lowest BCUT2D eigenvalue weighted by Crippen LogP contribution is -2.11. The fraction of sp³-hybridized carbons (Fsp3) is 0. The summed E-state index contributed by atoms with van der Waals surface area (Å²) in [7, 11) is -3.90. The highest BCUT2D eigenvalue weighted by Gasteiger charge is 2.19. The van der Waals surface area contributed by atoms with Crippen molar-refractivity contribution in [3.63, 3.8) is 0 Å². The number of nitriles is 1. The number of halogens is 1. The molecule has 0 amide bonds. The lowest BCUT2D eigenvalue weighted by molar-refractivity contribution is -0.384. The molecule has 1 aromatic heterocycles. The molecule has 0 unspecified atom stereocenters. The number of anilines is 1. The van der Waals surface area contributed by atoms with Crippen LogP contribution in [0.4, 0.5) is 11.4 Å².